The van der Waals surface area contributed by atoms with Gasteiger partial charge in [-0.3, -0.25) is 5.10 Å². The first-order valence-corrected chi connectivity index (χ1v) is 7.52. The Morgan fingerprint density at radius 2 is 2.14 bits per heavy atom. The third-order valence-corrected chi connectivity index (χ3v) is 3.55. The number of aromatic nitrogens is 2. The van der Waals surface area contributed by atoms with E-state index in [-0.39, 0.29) is 12.1 Å². The van der Waals surface area contributed by atoms with Crippen LogP contribution >= 0.6 is 0 Å². The standard InChI is InChI=1S/C15H26N4O2/c1-10-13(11(2)18-17-10)16-12-7-6-8-19(9-12)14(20)21-15(3,4)5/h12,16H,6-9H2,1-5H3,(H,17,18). The molecule has 0 bridgehead atoms. The van der Waals surface area contributed by atoms with E-state index in [2.05, 4.69) is 15.5 Å². The molecule has 2 heterocycles. The number of carbonyl (C=O) groups is 1. The summed E-state index contributed by atoms with van der Waals surface area (Å²) in [5.41, 5.74) is 2.59. The van der Waals surface area contributed by atoms with Gasteiger partial charge in [-0.25, -0.2) is 4.79 Å². The highest BCUT2D eigenvalue weighted by atomic mass is 16.6. The lowest BCUT2D eigenvalue weighted by atomic mass is 10.1. The van der Waals surface area contributed by atoms with Crippen molar-refractivity contribution in [1.29, 1.82) is 0 Å². The fraction of sp³-hybridized carbons (Fsp3) is 0.733. The van der Waals surface area contributed by atoms with E-state index >= 15 is 0 Å². The zero-order valence-corrected chi connectivity index (χ0v) is 13.6. The molecule has 1 fully saturated rings. The molecule has 1 saturated heterocycles. The first kappa shape index (κ1) is 15.7. The van der Waals surface area contributed by atoms with Crippen LogP contribution in [0.5, 0.6) is 0 Å². The van der Waals surface area contributed by atoms with E-state index in [4.69, 9.17) is 4.74 Å². The molecule has 0 spiro atoms. The van der Waals surface area contributed by atoms with Crippen LogP contribution < -0.4 is 5.32 Å². The van der Waals surface area contributed by atoms with Gasteiger partial charge < -0.3 is 15.0 Å². The molecule has 21 heavy (non-hydrogen) atoms. The predicted molar refractivity (Wildman–Crippen MR) is 82.5 cm³/mol. The minimum Gasteiger partial charge on any atom is -0.444 e. The van der Waals surface area contributed by atoms with Crippen molar-refractivity contribution in [2.24, 2.45) is 0 Å². The molecule has 2 N–H and O–H groups in total. The average Bonchev–Trinajstić information content (AvgIpc) is 2.69. The summed E-state index contributed by atoms with van der Waals surface area (Å²) >= 11 is 0. The maximum absolute atomic E-state index is 12.2. The van der Waals surface area contributed by atoms with Gasteiger partial charge in [-0.05, 0) is 47.5 Å². The van der Waals surface area contributed by atoms with Crippen molar-refractivity contribution in [2.45, 2.75) is 59.1 Å². The molecule has 0 aromatic carbocycles. The summed E-state index contributed by atoms with van der Waals surface area (Å²) in [6.45, 7) is 11.1. The SMILES string of the molecule is Cc1n[nH]c(C)c1NC1CCCN(C(=O)OC(C)(C)C)C1. The second-order valence-electron chi connectivity index (χ2n) is 6.72. The number of anilines is 1. The van der Waals surface area contributed by atoms with Crippen molar-refractivity contribution in [3.63, 3.8) is 0 Å². The van der Waals surface area contributed by atoms with E-state index in [1.54, 1.807) is 4.90 Å². The molecule has 0 radical (unpaired) electrons. The molecule has 118 valence electrons. The number of likely N-dealkylation sites (tertiary alicyclic amines) is 1. The Labute approximate surface area is 126 Å². The van der Waals surface area contributed by atoms with Gasteiger partial charge in [0.25, 0.3) is 0 Å². The Hall–Kier alpha value is -1.72. The second kappa shape index (κ2) is 5.95. The molecule has 1 unspecified atom stereocenters. The van der Waals surface area contributed by atoms with Gasteiger partial charge in [0, 0.05) is 19.1 Å². The van der Waals surface area contributed by atoms with Crippen molar-refractivity contribution in [1.82, 2.24) is 15.1 Å². The summed E-state index contributed by atoms with van der Waals surface area (Å²) in [7, 11) is 0. The number of nitrogens with zero attached hydrogens (tertiary/aromatic N) is 2. The number of amides is 1. The molecule has 6 nitrogen and oxygen atoms in total. The molecule has 1 aromatic heterocycles. The van der Waals surface area contributed by atoms with Gasteiger partial charge in [0.2, 0.25) is 0 Å². The zero-order valence-electron chi connectivity index (χ0n) is 13.6. The minimum absolute atomic E-state index is 0.227. The number of ether oxygens (including phenoxy) is 1. The summed E-state index contributed by atoms with van der Waals surface area (Å²) in [5.74, 6) is 0. The van der Waals surface area contributed by atoms with Crippen LogP contribution in [0.4, 0.5) is 10.5 Å². The Balaban J connectivity index is 1.96. The monoisotopic (exact) mass is 294 g/mol. The number of hydrogen-bond donors (Lipinski definition) is 2. The normalized spacial score (nSPS) is 19.5. The molecule has 1 amide bonds. The van der Waals surface area contributed by atoms with E-state index in [1.165, 1.54) is 0 Å². The van der Waals surface area contributed by atoms with E-state index in [1.807, 2.05) is 34.6 Å². The van der Waals surface area contributed by atoms with Crippen LogP contribution in [0.25, 0.3) is 0 Å². The molecule has 1 atom stereocenters. The van der Waals surface area contributed by atoms with Crippen molar-refractivity contribution in [3.8, 4) is 0 Å². The molecule has 2 rings (SSSR count). The van der Waals surface area contributed by atoms with E-state index in [0.717, 1.165) is 36.5 Å². The third kappa shape index (κ3) is 4.12. The Morgan fingerprint density at radius 3 is 2.71 bits per heavy atom. The van der Waals surface area contributed by atoms with Crippen LogP contribution in [0.3, 0.4) is 0 Å². The highest BCUT2D eigenvalue weighted by Crippen LogP contribution is 2.22. The summed E-state index contributed by atoms with van der Waals surface area (Å²) in [6, 6.07) is 0.237. The summed E-state index contributed by atoms with van der Waals surface area (Å²) < 4.78 is 5.45. The lowest BCUT2D eigenvalue weighted by Crippen LogP contribution is -2.47. The van der Waals surface area contributed by atoms with Crippen LogP contribution in [0.15, 0.2) is 0 Å². The van der Waals surface area contributed by atoms with E-state index < -0.39 is 5.60 Å². The Morgan fingerprint density at radius 1 is 1.43 bits per heavy atom. The fourth-order valence-electron chi connectivity index (χ4n) is 2.55. The molecular formula is C15H26N4O2. The van der Waals surface area contributed by atoms with Gasteiger partial charge in [0.05, 0.1) is 17.1 Å². The number of aromatic amines is 1. The smallest absolute Gasteiger partial charge is 0.410 e. The van der Waals surface area contributed by atoms with Gasteiger partial charge in [-0.15, -0.1) is 0 Å². The molecule has 1 aliphatic heterocycles. The van der Waals surface area contributed by atoms with Crippen LogP contribution in [0.1, 0.15) is 45.0 Å². The maximum atomic E-state index is 12.2. The van der Waals surface area contributed by atoms with Crippen LogP contribution in [-0.2, 0) is 4.74 Å². The zero-order chi connectivity index (χ0) is 15.6. The minimum atomic E-state index is -0.449. The maximum Gasteiger partial charge on any atom is 0.410 e. The molecule has 6 heteroatoms. The van der Waals surface area contributed by atoms with Gasteiger partial charge in [0.1, 0.15) is 5.60 Å². The highest BCUT2D eigenvalue weighted by Gasteiger charge is 2.28. The van der Waals surface area contributed by atoms with Crippen LogP contribution in [0.2, 0.25) is 0 Å². The molecule has 1 aromatic rings. The van der Waals surface area contributed by atoms with E-state index in [9.17, 15) is 4.79 Å². The van der Waals surface area contributed by atoms with Crippen molar-refractivity contribution < 1.29 is 9.53 Å². The number of rotatable bonds is 2. The lowest BCUT2D eigenvalue weighted by Gasteiger charge is -2.34. The van der Waals surface area contributed by atoms with E-state index in [0.29, 0.717) is 6.54 Å². The largest absolute Gasteiger partial charge is 0.444 e. The number of hydrogen-bond acceptors (Lipinski definition) is 4. The lowest BCUT2D eigenvalue weighted by molar-refractivity contribution is 0.0206. The number of piperidine rings is 1. The number of nitrogens with one attached hydrogen (secondary N) is 2. The molecule has 0 saturated carbocycles. The quantitative estimate of drug-likeness (QED) is 0.880. The van der Waals surface area contributed by atoms with Crippen molar-refractivity contribution in [2.75, 3.05) is 18.4 Å². The van der Waals surface area contributed by atoms with Gasteiger partial charge in [-0.1, -0.05) is 0 Å². The predicted octanol–water partition coefficient (Wildman–Crippen LogP) is 2.84. The molecule has 1 aliphatic rings. The fourth-order valence-corrected chi connectivity index (χ4v) is 2.55. The molecule has 0 aliphatic carbocycles. The number of carbonyl (C=O) groups excluding carboxylic acids is 1. The summed E-state index contributed by atoms with van der Waals surface area (Å²) in [6.07, 6.45) is 1.80. The van der Waals surface area contributed by atoms with Crippen molar-refractivity contribution >= 4 is 11.8 Å². The Kier molecular flexibility index (Phi) is 4.44. The first-order valence-electron chi connectivity index (χ1n) is 7.52. The van der Waals surface area contributed by atoms with Gasteiger partial charge in [0.15, 0.2) is 0 Å². The number of aryl methyl sites for hydroxylation is 2. The summed E-state index contributed by atoms with van der Waals surface area (Å²) in [4.78, 5) is 13.9. The van der Waals surface area contributed by atoms with Crippen molar-refractivity contribution in [3.05, 3.63) is 11.4 Å². The average molecular weight is 294 g/mol. The number of H-pyrrole nitrogens is 1. The van der Waals surface area contributed by atoms with Gasteiger partial charge in [-0.2, -0.15) is 5.10 Å². The second-order valence-corrected chi connectivity index (χ2v) is 6.72. The highest BCUT2D eigenvalue weighted by molar-refractivity contribution is 5.68. The van der Waals surface area contributed by atoms with Gasteiger partial charge >= 0.3 is 6.09 Å². The first-order chi connectivity index (χ1) is 9.76. The topological polar surface area (TPSA) is 70.2 Å². The Bertz CT molecular complexity index is 485. The van der Waals surface area contributed by atoms with Crippen LogP contribution in [-0.4, -0.2) is 45.9 Å². The molecular weight excluding hydrogens is 268 g/mol. The third-order valence-electron chi connectivity index (χ3n) is 3.55. The summed E-state index contributed by atoms with van der Waals surface area (Å²) in [5, 5.41) is 10.7. The van der Waals surface area contributed by atoms with Crippen LogP contribution in [0, 0.1) is 13.8 Å².